The van der Waals surface area contributed by atoms with Crippen molar-refractivity contribution in [1.29, 1.82) is 0 Å². The van der Waals surface area contributed by atoms with Crippen LogP contribution in [-0.4, -0.2) is 28.1 Å². The Kier molecular flexibility index (Phi) is 6.17. The number of rotatable bonds is 6. The molecule has 0 aliphatic heterocycles. The lowest BCUT2D eigenvalue weighted by molar-refractivity contribution is 0.594. The fourth-order valence-corrected chi connectivity index (χ4v) is 6.52. The Morgan fingerprint density at radius 2 is 1.27 bits per heavy atom. The van der Waals surface area contributed by atoms with Gasteiger partial charge in [-0.25, -0.2) is 30.6 Å². The maximum atomic E-state index is 13.5. The molecular weight excluding hydrogens is 488 g/mol. The van der Waals surface area contributed by atoms with Gasteiger partial charge in [0.1, 0.15) is 11.6 Å². The van der Waals surface area contributed by atoms with E-state index in [1.807, 2.05) is 0 Å². The van der Waals surface area contributed by atoms with E-state index in [0.29, 0.717) is 27.3 Å². The average molecular weight is 506 g/mol. The summed E-state index contributed by atoms with van der Waals surface area (Å²) in [5.74, 6) is -1.27. The van der Waals surface area contributed by atoms with Crippen molar-refractivity contribution >= 4 is 31.0 Å². The van der Waals surface area contributed by atoms with Crippen molar-refractivity contribution in [2.24, 2.45) is 0 Å². The lowest BCUT2D eigenvalue weighted by atomic mass is 10.1. The highest BCUT2D eigenvalue weighted by Gasteiger charge is 2.25. The summed E-state index contributed by atoms with van der Waals surface area (Å²) >= 11 is 0.939. The van der Waals surface area contributed by atoms with E-state index in [-0.39, 0.29) is 15.0 Å². The molecule has 170 valence electrons. The lowest BCUT2D eigenvalue weighted by Gasteiger charge is -2.04. The van der Waals surface area contributed by atoms with E-state index in [0.717, 1.165) is 17.6 Å². The number of nitrogens with zero attached hydrogens (tertiary/aromatic N) is 1. The maximum absolute atomic E-state index is 13.5. The Morgan fingerprint density at radius 3 is 1.82 bits per heavy atom. The Hall–Kier alpha value is -2.95. The number of benzene rings is 3. The van der Waals surface area contributed by atoms with Crippen LogP contribution in [0.3, 0.4) is 0 Å². The molecule has 1 aromatic heterocycles. The summed E-state index contributed by atoms with van der Waals surface area (Å²) in [6.45, 7) is 0. The van der Waals surface area contributed by atoms with E-state index in [1.165, 1.54) is 60.7 Å². The molecule has 0 aliphatic carbocycles. The number of halogens is 2. The second-order valence-electron chi connectivity index (χ2n) is 7.35. The molecule has 1 heterocycles. The first kappa shape index (κ1) is 23.2. The fourth-order valence-electron chi connectivity index (χ4n) is 3.15. The third-order valence-electron chi connectivity index (χ3n) is 4.81. The standard InChI is InChI=1S/C23H17F2NO4S3/c1-32(27,28)20-12-6-16(7-13-20)21-22(17-4-10-19(25)11-5-17)31-23(26-21)33(29,30)14-15-2-8-18(24)9-3-15/h2-13H,14H2,1H3. The van der Waals surface area contributed by atoms with Crippen LogP contribution in [0.15, 0.2) is 82.0 Å². The second-order valence-corrected chi connectivity index (χ2v) is 12.5. The summed E-state index contributed by atoms with van der Waals surface area (Å²) in [7, 11) is -7.28. The van der Waals surface area contributed by atoms with E-state index in [4.69, 9.17) is 0 Å². The number of sulfone groups is 2. The Balaban J connectivity index is 1.81. The van der Waals surface area contributed by atoms with Crippen molar-refractivity contribution in [1.82, 2.24) is 4.98 Å². The molecule has 4 aromatic rings. The molecule has 0 saturated heterocycles. The zero-order valence-electron chi connectivity index (χ0n) is 17.2. The minimum atomic E-state index is -3.87. The van der Waals surface area contributed by atoms with Crippen molar-refractivity contribution < 1.29 is 25.6 Å². The Bertz CT molecular complexity index is 1510. The molecule has 10 heteroatoms. The first-order valence-electron chi connectivity index (χ1n) is 9.57. The number of hydrogen-bond donors (Lipinski definition) is 0. The first-order valence-corrected chi connectivity index (χ1v) is 13.9. The number of aromatic nitrogens is 1. The SMILES string of the molecule is CS(=O)(=O)c1ccc(-c2nc(S(=O)(=O)Cc3ccc(F)cc3)sc2-c2ccc(F)cc2)cc1. The summed E-state index contributed by atoms with van der Waals surface area (Å²) in [4.78, 5) is 4.99. The van der Waals surface area contributed by atoms with E-state index in [9.17, 15) is 25.6 Å². The zero-order valence-corrected chi connectivity index (χ0v) is 19.6. The molecule has 0 unspecified atom stereocenters. The minimum Gasteiger partial charge on any atom is -0.224 e. The summed E-state index contributed by atoms with van der Waals surface area (Å²) in [6.07, 6.45) is 1.09. The van der Waals surface area contributed by atoms with Gasteiger partial charge in [-0.1, -0.05) is 36.4 Å². The van der Waals surface area contributed by atoms with Crippen LogP contribution in [-0.2, 0) is 25.4 Å². The van der Waals surface area contributed by atoms with Crippen LogP contribution in [0, 0.1) is 11.6 Å². The van der Waals surface area contributed by atoms with Gasteiger partial charge in [-0.2, -0.15) is 0 Å². The zero-order chi connectivity index (χ0) is 23.8. The lowest BCUT2D eigenvalue weighted by Crippen LogP contribution is -2.04. The molecule has 0 bridgehead atoms. The van der Waals surface area contributed by atoms with Crippen molar-refractivity contribution in [2.45, 2.75) is 15.0 Å². The van der Waals surface area contributed by atoms with Gasteiger partial charge in [0.15, 0.2) is 9.84 Å². The van der Waals surface area contributed by atoms with Gasteiger partial charge in [-0.15, -0.1) is 11.3 Å². The molecule has 5 nitrogen and oxygen atoms in total. The van der Waals surface area contributed by atoms with Crippen molar-refractivity contribution in [2.75, 3.05) is 6.26 Å². The predicted octanol–water partition coefficient (Wildman–Crippen LogP) is 5.13. The summed E-state index contributed by atoms with van der Waals surface area (Å²) in [5, 5.41) is 0. The van der Waals surface area contributed by atoms with Crippen LogP contribution in [0.2, 0.25) is 0 Å². The molecule has 0 fully saturated rings. The molecule has 0 saturated carbocycles. The molecule has 0 amide bonds. The normalized spacial score (nSPS) is 12.1. The molecule has 0 spiro atoms. The Labute approximate surface area is 194 Å². The van der Waals surface area contributed by atoms with Gasteiger partial charge in [0.05, 0.1) is 21.2 Å². The molecular formula is C23H17F2NO4S3. The first-order chi connectivity index (χ1) is 15.5. The van der Waals surface area contributed by atoms with Crippen LogP contribution >= 0.6 is 11.3 Å². The summed E-state index contributed by atoms with van der Waals surface area (Å²) in [5.41, 5.74) is 1.83. The highest BCUT2D eigenvalue weighted by Crippen LogP contribution is 2.39. The quantitative estimate of drug-likeness (QED) is 0.363. The van der Waals surface area contributed by atoms with E-state index >= 15 is 0 Å². The molecule has 3 aromatic carbocycles. The third-order valence-corrected chi connectivity index (χ3v) is 9.18. The van der Waals surface area contributed by atoms with Crippen LogP contribution in [0.4, 0.5) is 8.78 Å². The smallest absolute Gasteiger partial charge is 0.210 e. The minimum absolute atomic E-state index is 0.119. The van der Waals surface area contributed by atoms with Crippen LogP contribution in [0.25, 0.3) is 21.7 Å². The van der Waals surface area contributed by atoms with Crippen molar-refractivity contribution in [3.63, 3.8) is 0 Å². The van der Waals surface area contributed by atoms with Crippen LogP contribution < -0.4 is 0 Å². The molecule has 0 N–H and O–H groups in total. The van der Waals surface area contributed by atoms with Gasteiger partial charge in [-0.3, -0.25) is 0 Å². The second kappa shape index (κ2) is 8.77. The van der Waals surface area contributed by atoms with E-state index < -0.39 is 31.3 Å². The van der Waals surface area contributed by atoms with Gasteiger partial charge in [0.25, 0.3) is 0 Å². The van der Waals surface area contributed by atoms with Gasteiger partial charge in [-0.05, 0) is 47.5 Å². The summed E-state index contributed by atoms with van der Waals surface area (Å²) < 4.78 is 76.2. The van der Waals surface area contributed by atoms with Crippen LogP contribution in [0.1, 0.15) is 5.56 Å². The van der Waals surface area contributed by atoms with Crippen molar-refractivity contribution in [3.05, 3.63) is 90.0 Å². The van der Waals surface area contributed by atoms with Gasteiger partial charge in [0, 0.05) is 11.8 Å². The largest absolute Gasteiger partial charge is 0.224 e. The fraction of sp³-hybridized carbons (Fsp3) is 0.0870. The van der Waals surface area contributed by atoms with E-state index in [2.05, 4.69) is 4.98 Å². The number of hydrogen-bond acceptors (Lipinski definition) is 6. The highest BCUT2D eigenvalue weighted by molar-refractivity contribution is 7.92. The topological polar surface area (TPSA) is 81.2 Å². The monoisotopic (exact) mass is 505 g/mol. The molecule has 0 atom stereocenters. The van der Waals surface area contributed by atoms with Gasteiger partial charge < -0.3 is 0 Å². The molecule has 0 radical (unpaired) electrons. The average Bonchev–Trinajstić information content (AvgIpc) is 3.22. The van der Waals surface area contributed by atoms with E-state index in [1.54, 1.807) is 12.1 Å². The number of thiazole rings is 1. The highest BCUT2D eigenvalue weighted by atomic mass is 32.2. The molecule has 33 heavy (non-hydrogen) atoms. The van der Waals surface area contributed by atoms with Gasteiger partial charge in [0.2, 0.25) is 14.2 Å². The predicted molar refractivity (Wildman–Crippen MR) is 123 cm³/mol. The summed E-state index contributed by atoms with van der Waals surface area (Å²) in [6, 6.07) is 16.7. The van der Waals surface area contributed by atoms with Gasteiger partial charge >= 0.3 is 0 Å². The van der Waals surface area contributed by atoms with Crippen molar-refractivity contribution in [3.8, 4) is 21.7 Å². The Morgan fingerprint density at radius 1 is 0.758 bits per heavy atom. The maximum Gasteiger partial charge on any atom is 0.210 e. The third kappa shape index (κ3) is 5.18. The molecule has 0 aliphatic rings. The molecule has 4 rings (SSSR count). The van der Waals surface area contributed by atoms with Crippen LogP contribution in [0.5, 0.6) is 0 Å².